The van der Waals surface area contributed by atoms with Gasteiger partial charge in [-0.1, -0.05) is 13.8 Å². The van der Waals surface area contributed by atoms with E-state index in [1.54, 1.807) is 13.8 Å². The van der Waals surface area contributed by atoms with Crippen molar-refractivity contribution in [2.75, 3.05) is 13.1 Å². The largest absolute Gasteiger partial charge is 0.480 e. The fourth-order valence-corrected chi connectivity index (χ4v) is 1.07. The van der Waals surface area contributed by atoms with Gasteiger partial charge in [0, 0.05) is 13.1 Å². The van der Waals surface area contributed by atoms with Crippen LogP contribution in [0, 0.1) is 5.92 Å². The van der Waals surface area contributed by atoms with E-state index in [1.165, 1.54) is 0 Å². The molecule has 0 fully saturated rings. The van der Waals surface area contributed by atoms with Crippen molar-refractivity contribution in [3.63, 3.8) is 0 Å². The highest BCUT2D eigenvalue weighted by Crippen LogP contribution is 2.00. The summed E-state index contributed by atoms with van der Waals surface area (Å²) in [7, 11) is 0. The lowest BCUT2D eigenvalue weighted by Crippen LogP contribution is -2.49. The SMILES string of the molecule is CC(C)C(NC(=O)NCCNC(N)=O)C(=O)O. The van der Waals surface area contributed by atoms with Gasteiger partial charge in [0.25, 0.3) is 0 Å². The third-order valence-corrected chi connectivity index (χ3v) is 1.93. The lowest BCUT2D eigenvalue weighted by Gasteiger charge is -2.18. The molecule has 0 aromatic carbocycles. The topological polar surface area (TPSA) is 134 Å². The van der Waals surface area contributed by atoms with Crippen LogP contribution in [0.4, 0.5) is 9.59 Å². The van der Waals surface area contributed by atoms with Crippen molar-refractivity contribution < 1.29 is 19.5 Å². The second kappa shape index (κ2) is 7.31. The fourth-order valence-electron chi connectivity index (χ4n) is 1.07. The van der Waals surface area contributed by atoms with Crippen molar-refractivity contribution in [3.05, 3.63) is 0 Å². The molecule has 0 rings (SSSR count). The van der Waals surface area contributed by atoms with Crippen molar-refractivity contribution in [2.24, 2.45) is 11.7 Å². The molecule has 0 aromatic rings. The molecule has 4 amide bonds. The van der Waals surface area contributed by atoms with Crippen LogP contribution in [-0.2, 0) is 4.79 Å². The Hall–Kier alpha value is -1.99. The molecule has 0 aliphatic heterocycles. The number of amides is 4. The van der Waals surface area contributed by atoms with Gasteiger partial charge in [-0.05, 0) is 5.92 Å². The molecule has 0 aliphatic carbocycles. The molecule has 1 unspecified atom stereocenters. The normalized spacial score (nSPS) is 11.7. The Kier molecular flexibility index (Phi) is 6.46. The van der Waals surface area contributed by atoms with E-state index < -0.39 is 24.1 Å². The minimum absolute atomic E-state index is 0.166. The average Bonchev–Trinajstić information content (AvgIpc) is 2.19. The Morgan fingerprint density at radius 2 is 1.71 bits per heavy atom. The molecule has 98 valence electrons. The number of carboxylic acids is 1. The van der Waals surface area contributed by atoms with Crippen LogP contribution in [0.3, 0.4) is 0 Å². The first-order chi connectivity index (χ1) is 7.84. The van der Waals surface area contributed by atoms with Gasteiger partial charge in [-0.25, -0.2) is 14.4 Å². The average molecular weight is 246 g/mol. The molecular formula is C9H18N4O4. The van der Waals surface area contributed by atoms with Gasteiger partial charge in [-0.3, -0.25) is 0 Å². The molecule has 0 aliphatic rings. The molecule has 17 heavy (non-hydrogen) atoms. The summed E-state index contributed by atoms with van der Waals surface area (Å²) in [5, 5.41) is 15.8. The molecular weight excluding hydrogens is 228 g/mol. The van der Waals surface area contributed by atoms with E-state index >= 15 is 0 Å². The smallest absolute Gasteiger partial charge is 0.326 e. The number of carbonyl (C=O) groups excluding carboxylic acids is 2. The Morgan fingerprint density at radius 1 is 1.18 bits per heavy atom. The predicted octanol–water partition coefficient (Wildman–Crippen LogP) is -0.937. The fraction of sp³-hybridized carbons (Fsp3) is 0.667. The lowest BCUT2D eigenvalue weighted by atomic mass is 10.1. The molecule has 0 radical (unpaired) electrons. The summed E-state index contributed by atoms with van der Waals surface area (Å²) in [6.45, 7) is 3.72. The van der Waals surface area contributed by atoms with Gasteiger partial charge < -0.3 is 26.8 Å². The molecule has 0 aromatic heterocycles. The van der Waals surface area contributed by atoms with Crippen molar-refractivity contribution in [1.29, 1.82) is 0 Å². The standard InChI is InChI=1S/C9H18N4O4/c1-5(2)6(7(14)15)13-9(17)12-4-3-11-8(10)16/h5-6H,3-4H2,1-2H3,(H,14,15)(H3,10,11,16)(H2,12,13,17). The molecule has 0 spiro atoms. The summed E-state index contributed by atoms with van der Waals surface area (Å²) >= 11 is 0. The maximum atomic E-state index is 11.3. The van der Waals surface area contributed by atoms with Gasteiger partial charge in [0.05, 0.1) is 0 Å². The maximum absolute atomic E-state index is 11.3. The summed E-state index contributed by atoms with van der Waals surface area (Å²) < 4.78 is 0. The van der Waals surface area contributed by atoms with Crippen LogP contribution in [0.15, 0.2) is 0 Å². The van der Waals surface area contributed by atoms with Crippen LogP contribution in [0.1, 0.15) is 13.8 Å². The summed E-state index contributed by atoms with van der Waals surface area (Å²) in [4.78, 5) is 32.4. The van der Waals surface area contributed by atoms with Crippen molar-refractivity contribution in [2.45, 2.75) is 19.9 Å². The van der Waals surface area contributed by atoms with Crippen molar-refractivity contribution in [1.82, 2.24) is 16.0 Å². The quantitative estimate of drug-likeness (QED) is 0.387. The second-order valence-electron chi connectivity index (χ2n) is 3.75. The van der Waals surface area contributed by atoms with Crippen LogP contribution in [-0.4, -0.2) is 42.3 Å². The lowest BCUT2D eigenvalue weighted by molar-refractivity contribution is -0.140. The highest BCUT2D eigenvalue weighted by atomic mass is 16.4. The molecule has 8 nitrogen and oxygen atoms in total. The number of hydrogen-bond acceptors (Lipinski definition) is 3. The summed E-state index contributed by atoms with van der Waals surface area (Å²) in [6.07, 6.45) is 0. The Morgan fingerprint density at radius 3 is 2.12 bits per heavy atom. The van der Waals surface area contributed by atoms with E-state index in [9.17, 15) is 14.4 Å². The van der Waals surface area contributed by atoms with Gasteiger partial charge in [0.2, 0.25) is 0 Å². The molecule has 0 saturated heterocycles. The maximum Gasteiger partial charge on any atom is 0.326 e. The number of nitrogens with two attached hydrogens (primary N) is 1. The molecule has 8 heteroatoms. The predicted molar refractivity (Wildman–Crippen MR) is 60.4 cm³/mol. The summed E-state index contributed by atoms with van der Waals surface area (Å²) in [5.74, 6) is -1.31. The first-order valence-corrected chi connectivity index (χ1v) is 5.15. The zero-order chi connectivity index (χ0) is 13.4. The Labute approximate surface area is 98.9 Å². The molecule has 0 saturated carbocycles. The van der Waals surface area contributed by atoms with E-state index in [0.717, 1.165) is 0 Å². The van der Waals surface area contributed by atoms with E-state index in [-0.39, 0.29) is 19.0 Å². The number of nitrogens with one attached hydrogen (secondary N) is 3. The Balaban J connectivity index is 3.91. The summed E-state index contributed by atoms with van der Waals surface area (Å²) in [5.41, 5.74) is 4.81. The number of primary amides is 1. The second-order valence-corrected chi connectivity index (χ2v) is 3.75. The zero-order valence-corrected chi connectivity index (χ0v) is 9.82. The van der Waals surface area contributed by atoms with Crippen molar-refractivity contribution in [3.8, 4) is 0 Å². The van der Waals surface area contributed by atoms with Crippen LogP contribution in [0.5, 0.6) is 0 Å². The van der Waals surface area contributed by atoms with Crippen LogP contribution < -0.4 is 21.7 Å². The van der Waals surface area contributed by atoms with E-state index in [0.29, 0.717) is 0 Å². The molecule has 6 N–H and O–H groups in total. The van der Waals surface area contributed by atoms with Gasteiger partial charge in [0.15, 0.2) is 0 Å². The highest BCUT2D eigenvalue weighted by Gasteiger charge is 2.22. The molecule has 1 atom stereocenters. The number of hydrogen-bond donors (Lipinski definition) is 5. The molecule has 0 heterocycles. The van der Waals surface area contributed by atoms with Gasteiger partial charge >= 0.3 is 18.0 Å². The highest BCUT2D eigenvalue weighted by molar-refractivity contribution is 5.82. The minimum Gasteiger partial charge on any atom is -0.480 e. The zero-order valence-electron chi connectivity index (χ0n) is 9.82. The van der Waals surface area contributed by atoms with Gasteiger partial charge in [-0.2, -0.15) is 0 Å². The number of urea groups is 2. The Bertz CT molecular complexity index is 293. The van der Waals surface area contributed by atoms with Crippen LogP contribution in [0.2, 0.25) is 0 Å². The first kappa shape index (κ1) is 15.0. The van der Waals surface area contributed by atoms with E-state index in [2.05, 4.69) is 16.0 Å². The summed E-state index contributed by atoms with van der Waals surface area (Å²) in [6, 6.07) is -2.23. The third kappa shape index (κ3) is 6.98. The number of aliphatic carboxylic acids is 1. The third-order valence-electron chi connectivity index (χ3n) is 1.93. The van der Waals surface area contributed by atoms with Gasteiger partial charge in [0.1, 0.15) is 6.04 Å². The number of carbonyl (C=O) groups is 3. The van der Waals surface area contributed by atoms with Crippen LogP contribution >= 0.6 is 0 Å². The monoisotopic (exact) mass is 246 g/mol. The van der Waals surface area contributed by atoms with Crippen LogP contribution in [0.25, 0.3) is 0 Å². The van der Waals surface area contributed by atoms with E-state index in [1.807, 2.05) is 0 Å². The van der Waals surface area contributed by atoms with Crippen molar-refractivity contribution >= 4 is 18.0 Å². The number of rotatable bonds is 6. The van der Waals surface area contributed by atoms with E-state index in [4.69, 9.17) is 10.8 Å². The molecule has 0 bridgehead atoms. The number of carboxylic acid groups (broad SMARTS) is 1. The van der Waals surface area contributed by atoms with Gasteiger partial charge in [-0.15, -0.1) is 0 Å². The first-order valence-electron chi connectivity index (χ1n) is 5.15. The minimum atomic E-state index is -1.09.